The molecule has 0 aromatic heterocycles. The standard InChI is InChI=1S/C15H27B.H2/c1-12-6-2-3-9-14(12)15-10-4-7-13(16-15)8-5-11-15;/h12-14,16H,2-11H2,1H3;1H. The number of fused-ring (bicyclic) bond motifs is 2. The van der Waals surface area contributed by atoms with Crippen LogP contribution in [0, 0.1) is 11.8 Å². The maximum absolute atomic E-state index is 2.55. The fraction of sp³-hybridized carbons (Fsp3) is 1.00. The lowest BCUT2D eigenvalue weighted by molar-refractivity contribution is 0.147. The van der Waals surface area contributed by atoms with Gasteiger partial charge in [-0.05, 0) is 11.8 Å². The molecule has 2 aliphatic heterocycles. The first-order valence-electron chi connectivity index (χ1n) is 7.80. The fourth-order valence-electron chi connectivity index (χ4n) is 5.49. The molecule has 2 bridgehead atoms. The summed E-state index contributed by atoms with van der Waals surface area (Å²) >= 11 is 0. The van der Waals surface area contributed by atoms with Gasteiger partial charge in [0, 0.05) is 1.43 Å². The molecular weight excluding hydrogens is 191 g/mol. The van der Waals surface area contributed by atoms with E-state index in [1.54, 1.807) is 52.2 Å². The second-order valence-corrected chi connectivity index (χ2v) is 7.09. The monoisotopic (exact) mass is 220 g/mol. The van der Waals surface area contributed by atoms with Crippen LogP contribution in [-0.2, 0) is 0 Å². The van der Waals surface area contributed by atoms with Gasteiger partial charge >= 0.3 is 0 Å². The van der Waals surface area contributed by atoms with Crippen molar-refractivity contribution < 1.29 is 1.43 Å². The molecule has 3 fully saturated rings. The molecule has 16 heavy (non-hydrogen) atoms. The molecule has 2 heterocycles. The number of rotatable bonds is 1. The molecule has 2 saturated heterocycles. The Morgan fingerprint density at radius 3 is 2.31 bits per heavy atom. The van der Waals surface area contributed by atoms with E-state index in [0.29, 0.717) is 0 Å². The van der Waals surface area contributed by atoms with Gasteiger partial charge in [0.25, 0.3) is 0 Å². The second kappa shape index (κ2) is 4.39. The van der Waals surface area contributed by atoms with E-state index in [1.165, 1.54) is 19.3 Å². The highest BCUT2D eigenvalue weighted by molar-refractivity contribution is 6.42. The summed E-state index contributed by atoms with van der Waals surface area (Å²) < 4.78 is 0. The highest BCUT2D eigenvalue weighted by Crippen LogP contribution is 2.60. The minimum atomic E-state index is 0. The van der Waals surface area contributed by atoms with Gasteiger partial charge in [-0.25, -0.2) is 0 Å². The van der Waals surface area contributed by atoms with Gasteiger partial charge in [-0.15, -0.1) is 0 Å². The van der Waals surface area contributed by atoms with Crippen molar-refractivity contribution in [3.05, 3.63) is 0 Å². The van der Waals surface area contributed by atoms with E-state index in [1.807, 2.05) is 0 Å². The van der Waals surface area contributed by atoms with Crippen molar-refractivity contribution in [2.75, 3.05) is 0 Å². The molecule has 0 amide bonds. The van der Waals surface area contributed by atoms with Crippen LogP contribution >= 0.6 is 0 Å². The van der Waals surface area contributed by atoms with Crippen LogP contribution in [0.15, 0.2) is 0 Å². The van der Waals surface area contributed by atoms with E-state index >= 15 is 0 Å². The number of hydrogen-bond donors (Lipinski definition) is 0. The third-order valence-electron chi connectivity index (χ3n) is 6.17. The van der Waals surface area contributed by atoms with E-state index in [2.05, 4.69) is 6.92 Å². The van der Waals surface area contributed by atoms with Gasteiger partial charge in [-0.1, -0.05) is 82.3 Å². The van der Waals surface area contributed by atoms with Gasteiger partial charge in [0.15, 0.2) is 0 Å². The quantitative estimate of drug-likeness (QED) is 0.556. The molecule has 92 valence electrons. The first-order chi connectivity index (χ1) is 7.80. The molecule has 2 atom stereocenters. The van der Waals surface area contributed by atoms with Gasteiger partial charge < -0.3 is 0 Å². The second-order valence-electron chi connectivity index (χ2n) is 7.09. The van der Waals surface area contributed by atoms with E-state index in [4.69, 9.17) is 0 Å². The van der Waals surface area contributed by atoms with Crippen molar-refractivity contribution in [3.63, 3.8) is 0 Å². The van der Waals surface area contributed by atoms with Gasteiger partial charge in [0.1, 0.15) is 7.28 Å². The minimum Gasteiger partial charge on any atom is -0.0651 e. The Bertz CT molecular complexity index is 243. The Labute approximate surface area is 103 Å². The lowest BCUT2D eigenvalue weighted by Gasteiger charge is -2.52. The molecule has 3 aliphatic rings. The summed E-state index contributed by atoms with van der Waals surface area (Å²) in [5.41, 5.74) is 0. The van der Waals surface area contributed by atoms with Gasteiger partial charge in [-0.3, -0.25) is 0 Å². The van der Waals surface area contributed by atoms with Crippen LogP contribution in [0.2, 0.25) is 11.1 Å². The fourth-order valence-corrected chi connectivity index (χ4v) is 5.49. The predicted octanol–water partition coefficient (Wildman–Crippen LogP) is 4.81. The molecule has 0 N–H and O–H groups in total. The zero-order chi connectivity index (χ0) is 11.0. The SMILES string of the molecule is CC1CCCCC1C12BC(CCC1)CCC2.[HH]. The maximum Gasteiger partial charge on any atom is 0.131 e. The third-order valence-corrected chi connectivity index (χ3v) is 6.17. The Balaban J connectivity index is 0.00000108. The lowest BCUT2D eigenvalue weighted by atomic mass is 9.31. The smallest absolute Gasteiger partial charge is 0.0651 e. The molecule has 0 radical (unpaired) electrons. The summed E-state index contributed by atoms with van der Waals surface area (Å²) in [5.74, 6) is 3.26. The number of hydrogen-bond acceptors (Lipinski definition) is 0. The third kappa shape index (κ3) is 1.85. The van der Waals surface area contributed by atoms with Crippen LogP contribution in [0.4, 0.5) is 0 Å². The van der Waals surface area contributed by atoms with Gasteiger partial charge in [0.2, 0.25) is 0 Å². The molecule has 1 heteroatoms. The van der Waals surface area contributed by atoms with Crippen LogP contribution in [0.1, 0.15) is 72.6 Å². The van der Waals surface area contributed by atoms with Crippen molar-refractivity contribution in [1.82, 2.24) is 0 Å². The van der Waals surface area contributed by atoms with Crippen LogP contribution in [0.5, 0.6) is 0 Å². The van der Waals surface area contributed by atoms with Crippen molar-refractivity contribution in [2.45, 2.75) is 82.3 Å². The average Bonchev–Trinajstić information content (AvgIpc) is 2.29. The molecule has 0 aromatic carbocycles. The summed E-state index contributed by atoms with van der Waals surface area (Å²) in [6, 6.07) is 0. The molecule has 2 unspecified atom stereocenters. The lowest BCUT2D eigenvalue weighted by Crippen LogP contribution is -2.41. The molecule has 0 nitrogen and oxygen atoms in total. The highest BCUT2D eigenvalue weighted by atomic mass is 14.4. The maximum atomic E-state index is 2.55. The zero-order valence-corrected chi connectivity index (χ0v) is 11.0. The summed E-state index contributed by atoms with van der Waals surface area (Å²) in [7, 11) is 1.61. The Morgan fingerprint density at radius 2 is 1.62 bits per heavy atom. The van der Waals surface area contributed by atoms with Crippen molar-refractivity contribution >= 4 is 7.28 Å². The summed E-state index contributed by atoms with van der Waals surface area (Å²) in [5, 5.41) is 0.820. The normalized spacial score (nSPS) is 48.4. The Kier molecular flexibility index (Phi) is 3.06. The van der Waals surface area contributed by atoms with Crippen molar-refractivity contribution in [1.29, 1.82) is 0 Å². The largest absolute Gasteiger partial charge is 0.131 e. The van der Waals surface area contributed by atoms with E-state index in [-0.39, 0.29) is 1.43 Å². The van der Waals surface area contributed by atoms with Crippen LogP contribution in [-0.4, -0.2) is 7.28 Å². The van der Waals surface area contributed by atoms with E-state index in [0.717, 1.165) is 23.0 Å². The summed E-state index contributed by atoms with van der Waals surface area (Å²) in [4.78, 5) is 0. The van der Waals surface area contributed by atoms with E-state index < -0.39 is 0 Å². The van der Waals surface area contributed by atoms with Crippen molar-refractivity contribution in [2.24, 2.45) is 11.8 Å². The van der Waals surface area contributed by atoms with Gasteiger partial charge in [0.05, 0.1) is 0 Å². The highest BCUT2D eigenvalue weighted by Gasteiger charge is 2.47. The van der Waals surface area contributed by atoms with Crippen LogP contribution in [0.25, 0.3) is 0 Å². The molecular formula is C15H29B. The van der Waals surface area contributed by atoms with Gasteiger partial charge in [-0.2, -0.15) is 0 Å². The first-order valence-corrected chi connectivity index (χ1v) is 7.80. The summed E-state index contributed by atoms with van der Waals surface area (Å²) in [6.07, 6.45) is 15.5. The molecule has 1 aliphatic carbocycles. The molecule has 0 aromatic rings. The zero-order valence-electron chi connectivity index (χ0n) is 11.0. The van der Waals surface area contributed by atoms with Crippen LogP contribution in [0.3, 0.4) is 0 Å². The van der Waals surface area contributed by atoms with Crippen molar-refractivity contribution in [3.8, 4) is 0 Å². The molecule has 0 spiro atoms. The minimum absolute atomic E-state index is 0. The molecule has 3 rings (SSSR count). The average molecular weight is 220 g/mol. The summed E-state index contributed by atoms with van der Waals surface area (Å²) in [6.45, 7) is 2.55. The van der Waals surface area contributed by atoms with Crippen LogP contribution < -0.4 is 0 Å². The predicted molar refractivity (Wildman–Crippen MR) is 74.5 cm³/mol. The topological polar surface area (TPSA) is 0 Å². The molecule has 1 saturated carbocycles. The Hall–Kier alpha value is 0.0649. The first kappa shape index (κ1) is 11.2. The van der Waals surface area contributed by atoms with E-state index in [9.17, 15) is 0 Å². The Morgan fingerprint density at radius 1 is 0.938 bits per heavy atom.